The van der Waals surface area contributed by atoms with Crippen molar-refractivity contribution in [3.63, 3.8) is 0 Å². The van der Waals surface area contributed by atoms with E-state index in [1.165, 1.54) is 5.56 Å². The van der Waals surface area contributed by atoms with Gasteiger partial charge >= 0.3 is 6.03 Å². The van der Waals surface area contributed by atoms with Gasteiger partial charge in [0.25, 0.3) is 0 Å². The highest BCUT2D eigenvalue weighted by Crippen LogP contribution is 2.11. The van der Waals surface area contributed by atoms with Crippen LogP contribution in [0.15, 0.2) is 24.3 Å². The fourth-order valence-corrected chi connectivity index (χ4v) is 1.44. The van der Waals surface area contributed by atoms with Crippen LogP contribution in [0.1, 0.15) is 26.3 Å². The van der Waals surface area contributed by atoms with Crippen molar-refractivity contribution in [2.75, 3.05) is 18.9 Å². The molecular formula is C14H23N3O. The molecule has 0 fully saturated rings. The molecule has 1 rings (SSSR count). The lowest BCUT2D eigenvalue weighted by atomic mass is 10.2. The van der Waals surface area contributed by atoms with E-state index >= 15 is 0 Å². The maximum Gasteiger partial charge on any atom is 0.321 e. The van der Waals surface area contributed by atoms with Crippen molar-refractivity contribution in [2.45, 2.75) is 33.4 Å². The Bertz CT molecular complexity index is 390. The summed E-state index contributed by atoms with van der Waals surface area (Å²) in [6, 6.07) is 8.28. The molecule has 0 unspecified atom stereocenters. The summed E-state index contributed by atoms with van der Waals surface area (Å²) in [6.07, 6.45) is 0. The van der Waals surface area contributed by atoms with Crippen LogP contribution in [-0.4, -0.2) is 30.6 Å². The van der Waals surface area contributed by atoms with Gasteiger partial charge in [0.15, 0.2) is 0 Å². The minimum Gasteiger partial charge on any atom is -0.328 e. The summed E-state index contributed by atoms with van der Waals surface area (Å²) >= 11 is 0. The average molecular weight is 249 g/mol. The number of benzene rings is 1. The lowest BCUT2D eigenvalue weighted by Crippen LogP contribution is -2.31. The first-order valence-corrected chi connectivity index (χ1v) is 6.37. The predicted molar refractivity (Wildman–Crippen MR) is 75.7 cm³/mol. The molecular weight excluding hydrogens is 226 g/mol. The molecule has 2 amide bonds. The Morgan fingerprint density at radius 1 is 1.39 bits per heavy atom. The van der Waals surface area contributed by atoms with E-state index in [-0.39, 0.29) is 6.03 Å². The van der Waals surface area contributed by atoms with Crippen molar-refractivity contribution in [2.24, 2.45) is 0 Å². The van der Waals surface area contributed by atoms with E-state index in [0.29, 0.717) is 12.6 Å². The molecule has 0 heterocycles. The maximum absolute atomic E-state index is 11.7. The number of urea groups is 1. The topological polar surface area (TPSA) is 44.4 Å². The third kappa shape index (κ3) is 4.75. The molecule has 0 spiro atoms. The van der Waals surface area contributed by atoms with Crippen molar-refractivity contribution in [1.29, 1.82) is 0 Å². The number of hydrogen-bond acceptors (Lipinski definition) is 2. The molecule has 0 atom stereocenters. The molecule has 0 radical (unpaired) electrons. The van der Waals surface area contributed by atoms with Crippen molar-refractivity contribution in [3.05, 3.63) is 29.8 Å². The Morgan fingerprint density at radius 2 is 2.11 bits per heavy atom. The highest BCUT2D eigenvalue weighted by molar-refractivity contribution is 5.89. The largest absolute Gasteiger partial charge is 0.328 e. The van der Waals surface area contributed by atoms with Gasteiger partial charge in [0.2, 0.25) is 0 Å². The number of carbonyl (C=O) groups is 1. The second-order valence-corrected chi connectivity index (χ2v) is 4.68. The van der Waals surface area contributed by atoms with E-state index in [1.807, 2.05) is 25.1 Å². The minimum absolute atomic E-state index is 0.0773. The summed E-state index contributed by atoms with van der Waals surface area (Å²) < 4.78 is 0. The summed E-state index contributed by atoms with van der Waals surface area (Å²) in [6.45, 7) is 7.68. The lowest BCUT2D eigenvalue weighted by Gasteiger charge is -2.16. The molecule has 4 nitrogen and oxygen atoms in total. The van der Waals surface area contributed by atoms with Crippen LogP contribution in [-0.2, 0) is 6.54 Å². The summed E-state index contributed by atoms with van der Waals surface area (Å²) in [4.78, 5) is 13.4. The molecule has 0 saturated heterocycles. The summed E-state index contributed by atoms with van der Waals surface area (Å²) in [5.41, 5.74) is 2.00. The number of nitrogens with one attached hydrogen (secondary N) is 2. The normalized spacial score (nSPS) is 10.5. The second kappa shape index (κ2) is 7.01. The minimum atomic E-state index is -0.0773. The molecule has 0 aliphatic rings. The van der Waals surface area contributed by atoms with Crippen molar-refractivity contribution >= 4 is 11.7 Å². The van der Waals surface area contributed by atoms with Crippen LogP contribution in [0.3, 0.4) is 0 Å². The number of nitrogens with zero attached hydrogens (tertiary/aromatic N) is 1. The Morgan fingerprint density at radius 3 is 2.72 bits per heavy atom. The van der Waals surface area contributed by atoms with Crippen molar-refractivity contribution in [1.82, 2.24) is 10.2 Å². The van der Waals surface area contributed by atoms with Crippen LogP contribution < -0.4 is 10.6 Å². The van der Waals surface area contributed by atoms with Gasteiger partial charge in [0.05, 0.1) is 0 Å². The summed E-state index contributed by atoms with van der Waals surface area (Å²) in [5, 5.41) is 6.23. The number of amides is 2. The van der Waals surface area contributed by atoms with Crippen LogP contribution in [0.25, 0.3) is 0 Å². The van der Waals surface area contributed by atoms with Crippen LogP contribution in [0.2, 0.25) is 0 Å². The molecule has 0 bridgehead atoms. The van der Waals surface area contributed by atoms with E-state index in [1.54, 1.807) is 11.9 Å². The highest BCUT2D eigenvalue weighted by Gasteiger charge is 2.06. The first kappa shape index (κ1) is 14.5. The second-order valence-electron chi connectivity index (χ2n) is 4.68. The number of rotatable bonds is 5. The molecule has 0 aromatic heterocycles. The SMILES string of the molecule is CCN(C)C(=O)Nc1cccc(CNC(C)C)c1. The quantitative estimate of drug-likeness (QED) is 0.842. The van der Waals surface area contributed by atoms with E-state index in [0.717, 1.165) is 12.2 Å². The smallest absolute Gasteiger partial charge is 0.321 e. The Labute approximate surface area is 109 Å². The predicted octanol–water partition coefficient (Wildman–Crippen LogP) is 2.67. The van der Waals surface area contributed by atoms with E-state index in [2.05, 4.69) is 30.5 Å². The van der Waals surface area contributed by atoms with Gasteiger partial charge in [-0.25, -0.2) is 4.79 Å². The highest BCUT2D eigenvalue weighted by atomic mass is 16.2. The van der Waals surface area contributed by atoms with Crippen molar-refractivity contribution < 1.29 is 4.79 Å². The fraction of sp³-hybridized carbons (Fsp3) is 0.500. The Kier molecular flexibility index (Phi) is 5.65. The molecule has 0 saturated carbocycles. The molecule has 1 aromatic carbocycles. The zero-order chi connectivity index (χ0) is 13.5. The van der Waals surface area contributed by atoms with E-state index < -0.39 is 0 Å². The van der Waals surface area contributed by atoms with Crippen LogP contribution in [0, 0.1) is 0 Å². The van der Waals surface area contributed by atoms with Crippen molar-refractivity contribution in [3.8, 4) is 0 Å². The summed E-state index contributed by atoms with van der Waals surface area (Å²) in [7, 11) is 1.78. The number of hydrogen-bond donors (Lipinski definition) is 2. The molecule has 0 aliphatic carbocycles. The zero-order valence-corrected chi connectivity index (χ0v) is 11.7. The standard InChI is InChI=1S/C14H23N3O/c1-5-17(4)14(18)16-13-8-6-7-12(9-13)10-15-11(2)3/h6-9,11,15H,5,10H2,1-4H3,(H,16,18). The average Bonchev–Trinajstić information content (AvgIpc) is 2.35. The van der Waals surface area contributed by atoms with Gasteiger partial charge in [-0.1, -0.05) is 26.0 Å². The van der Waals surface area contributed by atoms with E-state index in [4.69, 9.17) is 0 Å². The third-order valence-electron chi connectivity index (χ3n) is 2.71. The van der Waals surface area contributed by atoms with Gasteiger partial charge in [0.1, 0.15) is 0 Å². The number of carbonyl (C=O) groups excluding carboxylic acids is 1. The van der Waals surface area contributed by atoms with Gasteiger partial charge in [-0.15, -0.1) is 0 Å². The summed E-state index contributed by atoms with van der Waals surface area (Å²) in [5.74, 6) is 0. The first-order valence-electron chi connectivity index (χ1n) is 6.37. The van der Waals surface area contributed by atoms with Gasteiger partial charge < -0.3 is 15.5 Å². The fourth-order valence-electron chi connectivity index (χ4n) is 1.44. The van der Waals surface area contributed by atoms with Gasteiger partial charge in [-0.05, 0) is 24.6 Å². The van der Waals surface area contributed by atoms with Gasteiger partial charge in [-0.2, -0.15) is 0 Å². The lowest BCUT2D eigenvalue weighted by molar-refractivity contribution is 0.224. The van der Waals surface area contributed by atoms with Crippen LogP contribution in [0.4, 0.5) is 10.5 Å². The van der Waals surface area contributed by atoms with Crippen LogP contribution in [0.5, 0.6) is 0 Å². The monoisotopic (exact) mass is 249 g/mol. The van der Waals surface area contributed by atoms with Crippen LogP contribution >= 0.6 is 0 Å². The Hall–Kier alpha value is -1.55. The molecule has 1 aromatic rings. The zero-order valence-electron chi connectivity index (χ0n) is 11.7. The molecule has 100 valence electrons. The third-order valence-corrected chi connectivity index (χ3v) is 2.71. The van der Waals surface area contributed by atoms with Gasteiger partial charge in [0, 0.05) is 31.9 Å². The molecule has 2 N–H and O–H groups in total. The molecule has 0 aliphatic heterocycles. The maximum atomic E-state index is 11.7. The number of anilines is 1. The molecule has 4 heteroatoms. The molecule has 18 heavy (non-hydrogen) atoms. The first-order chi connectivity index (χ1) is 8.52. The van der Waals surface area contributed by atoms with Gasteiger partial charge in [-0.3, -0.25) is 0 Å². The Balaban J connectivity index is 2.61. The van der Waals surface area contributed by atoms with E-state index in [9.17, 15) is 4.79 Å².